The number of fused-ring (bicyclic) bond motifs is 1. The fourth-order valence-electron chi connectivity index (χ4n) is 2.59. The van der Waals surface area contributed by atoms with Crippen LogP contribution in [0.25, 0.3) is 5.78 Å². The lowest BCUT2D eigenvalue weighted by Crippen LogP contribution is -2.29. The van der Waals surface area contributed by atoms with Crippen LogP contribution in [0.4, 0.5) is 5.95 Å². The Labute approximate surface area is 150 Å². The first-order valence-electron chi connectivity index (χ1n) is 8.36. The molecule has 26 heavy (non-hydrogen) atoms. The van der Waals surface area contributed by atoms with Crippen molar-refractivity contribution < 1.29 is 9.53 Å². The van der Waals surface area contributed by atoms with E-state index in [2.05, 4.69) is 15.1 Å². The third-order valence-corrected chi connectivity index (χ3v) is 4.16. The SMILES string of the molecule is CCOc1ccc(CN(C(C)=O)c2nc3nc(C)c(C)c(=O)n3[nH]2)cc1. The number of H-pyrrole nitrogens is 1. The highest BCUT2D eigenvalue weighted by Crippen LogP contribution is 2.17. The van der Waals surface area contributed by atoms with Gasteiger partial charge in [0.1, 0.15) is 5.75 Å². The molecule has 2 heterocycles. The minimum Gasteiger partial charge on any atom is -0.494 e. The maximum atomic E-state index is 12.3. The van der Waals surface area contributed by atoms with Crippen molar-refractivity contribution in [2.24, 2.45) is 0 Å². The molecule has 3 aromatic rings. The van der Waals surface area contributed by atoms with Crippen molar-refractivity contribution >= 4 is 17.6 Å². The largest absolute Gasteiger partial charge is 0.494 e. The summed E-state index contributed by atoms with van der Waals surface area (Å²) in [4.78, 5) is 34.6. The lowest BCUT2D eigenvalue weighted by molar-refractivity contribution is -0.116. The molecule has 1 amide bonds. The molecule has 2 aromatic heterocycles. The van der Waals surface area contributed by atoms with Crippen LogP contribution in [0.5, 0.6) is 5.75 Å². The Kier molecular flexibility index (Phi) is 4.75. The molecule has 0 spiro atoms. The van der Waals surface area contributed by atoms with Gasteiger partial charge in [-0.3, -0.25) is 19.6 Å². The van der Waals surface area contributed by atoms with Gasteiger partial charge in [-0.2, -0.15) is 9.50 Å². The van der Waals surface area contributed by atoms with Gasteiger partial charge < -0.3 is 4.74 Å². The van der Waals surface area contributed by atoms with Crippen molar-refractivity contribution in [3.05, 3.63) is 51.4 Å². The fourth-order valence-corrected chi connectivity index (χ4v) is 2.59. The Morgan fingerprint density at radius 1 is 1.23 bits per heavy atom. The molecule has 0 radical (unpaired) electrons. The minimum atomic E-state index is -0.226. The van der Waals surface area contributed by atoms with Gasteiger partial charge in [-0.25, -0.2) is 4.98 Å². The molecule has 0 bridgehead atoms. The zero-order valence-electron chi connectivity index (χ0n) is 15.2. The summed E-state index contributed by atoms with van der Waals surface area (Å²) in [5, 5.41) is 2.88. The first kappa shape index (κ1) is 17.7. The number of anilines is 1. The first-order valence-corrected chi connectivity index (χ1v) is 8.36. The Bertz CT molecular complexity index is 1000. The molecule has 0 unspecified atom stereocenters. The van der Waals surface area contributed by atoms with E-state index in [1.807, 2.05) is 31.2 Å². The van der Waals surface area contributed by atoms with Crippen LogP contribution in [-0.4, -0.2) is 32.1 Å². The normalized spacial score (nSPS) is 10.9. The van der Waals surface area contributed by atoms with Gasteiger partial charge in [0.15, 0.2) is 0 Å². The summed E-state index contributed by atoms with van der Waals surface area (Å²) in [6.45, 7) is 7.75. The molecule has 0 saturated heterocycles. The molecule has 0 saturated carbocycles. The van der Waals surface area contributed by atoms with E-state index in [0.29, 0.717) is 24.4 Å². The monoisotopic (exact) mass is 355 g/mol. The van der Waals surface area contributed by atoms with Crippen molar-refractivity contribution in [1.29, 1.82) is 0 Å². The summed E-state index contributed by atoms with van der Waals surface area (Å²) >= 11 is 0. The Morgan fingerprint density at radius 2 is 1.92 bits per heavy atom. The molecule has 8 nitrogen and oxygen atoms in total. The number of aromatic nitrogens is 4. The number of carbonyl (C=O) groups excluding carboxylic acids is 1. The summed E-state index contributed by atoms with van der Waals surface area (Å²) in [5.74, 6) is 1.10. The van der Waals surface area contributed by atoms with Crippen molar-refractivity contribution in [2.45, 2.75) is 34.2 Å². The Morgan fingerprint density at radius 3 is 2.54 bits per heavy atom. The predicted octanol–water partition coefficient (Wildman–Crippen LogP) is 1.99. The van der Waals surface area contributed by atoms with Crippen molar-refractivity contribution in [3.8, 4) is 5.75 Å². The number of aryl methyl sites for hydroxylation is 1. The highest BCUT2D eigenvalue weighted by molar-refractivity contribution is 5.89. The number of carbonyl (C=O) groups is 1. The standard InChI is InChI=1S/C18H21N5O3/c1-5-26-15-8-6-14(7-9-15)10-22(13(4)24)18-20-17-19-12(3)11(2)16(25)23(17)21-18/h6-9H,5,10H2,1-4H3,(H,19,20,21). The third kappa shape index (κ3) is 3.30. The van der Waals surface area contributed by atoms with E-state index < -0.39 is 0 Å². The summed E-state index contributed by atoms with van der Waals surface area (Å²) in [6, 6.07) is 7.49. The summed E-state index contributed by atoms with van der Waals surface area (Å²) in [7, 11) is 0. The predicted molar refractivity (Wildman–Crippen MR) is 97.6 cm³/mol. The second kappa shape index (κ2) is 6.99. The first-order chi connectivity index (χ1) is 12.4. The number of nitrogens with one attached hydrogen (secondary N) is 1. The Hall–Kier alpha value is -3.16. The highest BCUT2D eigenvalue weighted by Gasteiger charge is 2.18. The lowest BCUT2D eigenvalue weighted by atomic mass is 10.2. The van der Waals surface area contributed by atoms with E-state index in [0.717, 1.165) is 11.3 Å². The fraction of sp³-hybridized carbons (Fsp3) is 0.333. The second-order valence-corrected chi connectivity index (χ2v) is 5.99. The van der Waals surface area contributed by atoms with Crippen LogP contribution in [0.2, 0.25) is 0 Å². The molecule has 0 aliphatic carbocycles. The number of amides is 1. The maximum absolute atomic E-state index is 12.3. The smallest absolute Gasteiger partial charge is 0.277 e. The van der Waals surface area contributed by atoms with Crippen LogP contribution in [0, 0.1) is 13.8 Å². The third-order valence-electron chi connectivity index (χ3n) is 4.16. The van der Waals surface area contributed by atoms with Gasteiger partial charge in [0, 0.05) is 18.2 Å². The molecule has 0 atom stereocenters. The topological polar surface area (TPSA) is 92.6 Å². The average molecular weight is 355 g/mol. The van der Waals surface area contributed by atoms with Crippen molar-refractivity contribution in [3.63, 3.8) is 0 Å². The van der Waals surface area contributed by atoms with E-state index in [1.165, 1.54) is 16.3 Å². The van der Waals surface area contributed by atoms with E-state index in [4.69, 9.17) is 4.74 Å². The van der Waals surface area contributed by atoms with Crippen LogP contribution >= 0.6 is 0 Å². The Balaban J connectivity index is 1.95. The molecular weight excluding hydrogens is 334 g/mol. The lowest BCUT2D eigenvalue weighted by Gasteiger charge is -2.17. The van der Waals surface area contributed by atoms with Crippen molar-refractivity contribution in [1.82, 2.24) is 19.6 Å². The van der Waals surface area contributed by atoms with Gasteiger partial charge in [-0.15, -0.1) is 0 Å². The van der Waals surface area contributed by atoms with Crippen LogP contribution in [0.3, 0.4) is 0 Å². The van der Waals surface area contributed by atoms with E-state index >= 15 is 0 Å². The molecule has 1 N–H and O–H groups in total. The van der Waals surface area contributed by atoms with Gasteiger partial charge in [0.25, 0.3) is 11.3 Å². The molecule has 0 fully saturated rings. The molecule has 1 aromatic carbocycles. The van der Waals surface area contributed by atoms with E-state index in [-0.39, 0.29) is 23.2 Å². The number of hydrogen-bond donors (Lipinski definition) is 1. The number of benzene rings is 1. The summed E-state index contributed by atoms with van der Waals surface area (Å²) in [6.07, 6.45) is 0. The average Bonchev–Trinajstić information content (AvgIpc) is 3.02. The zero-order valence-corrected chi connectivity index (χ0v) is 15.2. The van der Waals surface area contributed by atoms with Gasteiger partial charge in [-0.05, 0) is 38.5 Å². The molecule has 136 valence electrons. The number of hydrogen-bond acceptors (Lipinski definition) is 5. The van der Waals surface area contributed by atoms with Gasteiger partial charge in [-0.1, -0.05) is 12.1 Å². The second-order valence-electron chi connectivity index (χ2n) is 5.99. The number of ether oxygens (including phenoxy) is 1. The zero-order chi connectivity index (χ0) is 18.8. The van der Waals surface area contributed by atoms with Crippen LogP contribution in [-0.2, 0) is 11.3 Å². The minimum absolute atomic E-state index is 0.195. The van der Waals surface area contributed by atoms with E-state index in [1.54, 1.807) is 13.8 Å². The van der Waals surface area contributed by atoms with Crippen LogP contribution in [0.15, 0.2) is 29.1 Å². The van der Waals surface area contributed by atoms with Crippen molar-refractivity contribution in [2.75, 3.05) is 11.5 Å². The van der Waals surface area contributed by atoms with Crippen LogP contribution in [0.1, 0.15) is 30.7 Å². The molecule has 0 aliphatic rings. The maximum Gasteiger partial charge on any atom is 0.277 e. The number of aromatic amines is 1. The quantitative estimate of drug-likeness (QED) is 0.755. The molecule has 8 heteroatoms. The van der Waals surface area contributed by atoms with Gasteiger partial charge in [0.05, 0.1) is 13.2 Å². The summed E-state index contributed by atoms with van der Waals surface area (Å²) < 4.78 is 6.68. The van der Waals surface area contributed by atoms with Crippen LogP contribution < -0.4 is 15.2 Å². The van der Waals surface area contributed by atoms with Gasteiger partial charge >= 0.3 is 0 Å². The molecular formula is C18H21N5O3. The van der Waals surface area contributed by atoms with E-state index in [9.17, 15) is 9.59 Å². The molecule has 0 aliphatic heterocycles. The number of rotatable bonds is 5. The number of nitrogens with zero attached hydrogens (tertiary/aromatic N) is 4. The van der Waals surface area contributed by atoms with Gasteiger partial charge in [0.2, 0.25) is 11.9 Å². The summed E-state index contributed by atoms with van der Waals surface area (Å²) in [5.41, 5.74) is 1.85. The molecule has 3 rings (SSSR count). The highest BCUT2D eigenvalue weighted by atomic mass is 16.5.